The molecule has 0 amide bonds. The summed E-state index contributed by atoms with van der Waals surface area (Å²) in [5.74, 6) is 1.19. The molecule has 4 aromatic rings. The third-order valence-corrected chi connectivity index (χ3v) is 6.63. The summed E-state index contributed by atoms with van der Waals surface area (Å²) < 4.78 is 7.16. The number of carbonyl (C=O) groups excluding carboxylic acids is 1. The lowest BCUT2D eigenvalue weighted by molar-refractivity contribution is -0.146. The Balaban J connectivity index is 1.32. The Labute approximate surface area is 186 Å². The Bertz CT molecular complexity index is 1320. The maximum atomic E-state index is 12.9. The van der Waals surface area contributed by atoms with Crippen molar-refractivity contribution in [2.75, 3.05) is 0 Å². The van der Waals surface area contributed by atoms with Gasteiger partial charge in [-0.25, -0.2) is 4.98 Å². The molecule has 0 radical (unpaired) electrons. The zero-order valence-corrected chi connectivity index (χ0v) is 18.2. The lowest BCUT2D eigenvalue weighted by Crippen LogP contribution is -2.19. The number of hydrogen-bond donors (Lipinski definition) is 1. The number of H-pyrrole nitrogens is 1. The molecule has 1 fully saturated rings. The van der Waals surface area contributed by atoms with E-state index in [1.807, 2.05) is 54.6 Å². The molecule has 1 aliphatic rings. The van der Waals surface area contributed by atoms with Gasteiger partial charge in [-0.05, 0) is 36.8 Å². The first-order valence-corrected chi connectivity index (χ1v) is 11.3. The van der Waals surface area contributed by atoms with Gasteiger partial charge in [0, 0.05) is 24.8 Å². The fraction of sp³-hybridized carbons (Fsp3) is 0.346. The van der Waals surface area contributed by atoms with Crippen molar-refractivity contribution >= 4 is 27.9 Å². The van der Waals surface area contributed by atoms with E-state index in [0.29, 0.717) is 18.5 Å². The molecule has 6 heteroatoms. The second-order valence-corrected chi connectivity index (χ2v) is 8.81. The molecule has 6 nitrogen and oxygen atoms in total. The number of rotatable bonds is 5. The molecule has 5 rings (SSSR count). The average molecular weight is 430 g/mol. The monoisotopic (exact) mass is 429 g/mol. The van der Waals surface area contributed by atoms with Crippen molar-refractivity contribution in [1.29, 1.82) is 0 Å². The number of carbonyl (C=O) groups is 1. The van der Waals surface area contributed by atoms with Crippen molar-refractivity contribution in [2.45, 2.75) is 44.6 Å². The highest BCUT2D eigenvalue weighted by atomic mass is 16.5. The summed E-state index contributed by atoms with van der Waals surface area (Å²) in [5.41, 5.74) is 3.12. The number of para-hydroxylation sites is 1. The predicted molar refractivity (Wildman–Crippen MR) is 124 cm³/mol. The molecule has 1 N–H and O–H groups in total. The van der Waals surface area contributed by atoms with Crippen molar-refractivity contribution in [3.8, 4) is 0 Å². The van der Waals surface area contributed by atoms with Crippen LogP contribution in [0.5, 0.6) is 0 Å². The maximum Gasteiger partial charge on any atom is 0.306 e. The smallest absolute Gasteiger partial charge is 0.306 e. The third kappa shape index (κ3) is 3.93. The summed E-state index contributed by atoms with van der Waals surface area (Å²) >= 11 is 0. The molecule has 0 aliphatic heterocycles. The average Bonchev–Trinajstić information content (AvgIpc) is 3.28. The maximum absolute atomic E-state index is 12.9. The first-order chi connectivity index (χ1) is 15.6. The topological polar surface area (TPSA) is 77.0 Å². The number of aryl methyl sites for hydroxylation is 1. The Morgan fingerprint density at radius 3 is 2.75 bits per heavy atom. The number of hydrogen-bond acceptors (Lipinski definition) is 4. The molecular formula is C26H27N3O3. The highest BCUT2D eigenvalue weighted by Crippen LogP contribution is 2.37. The number of ether oxygens (including phenoxy) is 1. The van der Waals surface area contributed by atoms with Crippen molar-refractivity contribution in [2.24, 2.45) is 13.0 Å². The quantitative estimate of drug-likeness (QED) is 0.461. The van der Waals surface area contributed by atoms with Gasteiger partial charge in [-0.1, -0.05) is 55.0 Å². The molecule has 2 heterocycles. The standard InChI is InChI=1S/C26H27N3O3/c1-29-21-13-6-5-12-20(21)23-24(26(29)31)28-25(27-23)19-11-7-10-18(14-19)15-22(30)32-16-17-8-3-2-4-9-17/h2-6,8-9,12-13,18-19H,7,10-11,14-16H2,1H3,(H,27,28). The fourth-order valence-electron chi connectivity index (χ4n) is 4.94. The van der Waals surface area contributed by atoms with Crippen LogP contribution in [-0.4, -0.2) is 20.5 Å². The van der Waals surface area contributed by atoms with Crippen molar-refractivity contribution in [1.82, 2.24) is 14.5 Å². The van der Waals surface area contributed by atoms with E-state index in [1.54, 1.807) is 11.6 Å². The number of aromatic amines is 1. The molecule has 0 spiro atoms. The molecular weight excluding hydrogens is 402 g/mol. The zero-order chi connectivity index (χ0) is 22.1. The van der Waals surface area contributed by atoms with E-state index < -0.39 is 0 Å². The van der Waals surface area contributed by atoms with Crippen LogP contribution in [0, 0.1) is 5.92 Å². The summed E-state index contributed by atoms with van der Waals surface area (Å²) in [6.07, 6.45) is 4.36. The van der Waals surface area contributed by atoms with Crippen molar-refractivity contribution in [3.05, 3.63) is 76.3 Å². The molecule has 164 valence electrons. The summed E-state index contributed by atoms with van der Waals surface area (Å²) in [5, 5.41) is 0.976. The van der Waals surface area contributed by atoms with Crippen LogP contribution in [0.3, 0.4) is 0 Å². The number of aromatic nitrogens is 3. The van der Waals surface area contributed by atoms with Crippen LogP contribution in [-0.2, 0) is 23.2 Å². The number of benzene rings is 2. The Morgan fingerprint density at radius 2 is 1.91 bits per heavy atom. The predicted octanol–water partition coefficient (Wildman–Crippen LogP) is 4.82. The Morgan fingerprint density at radius 1 is 1.12 bits per heavy atom. The van der Waals surface area contributed by atoms with Gasteiger partial charge in [-0.2, -0.15) is 0 Å². The second-order valence-electron chi connectivity index (χ2n) is 8.81. The first kappa shape index (κ1) is 20.5. The second kappa shape index (κ2) is 8.61. The fourth-order valence-corrected chi connectivity index (χ4v) is 4.94. The van der Waals surface area contributed by atoms with Crippen LogP contribution < -0.4 is 5.56 Å². The zero-order valence-electron chi connectivity index (χ0n) is 18.2. The highest BCUT2D eigenvalue weighted by Gasteiger charge is 2.28. The SMILES string of the molecule is Cn1c(=O)c2[nH]c(C3CCCC(CC(=O)OCc4ccccc4)C3)nc2c2ccccc21. The number of pyridine rings is 1. The van der Waals surface area contributed by atoms with E-state index in [2.05, 4.69) is 4.98 Å². The minimum atomic E-state index is -0.149. The van der Waals surface area contributed by atoms with Gasteiger partial charge in [0.15, 0.2) is 0 Å². The molecule has 1 aliphatic carbocycles. The van der Waals surface area contributed by atoms with Gasteiger partial charge in [0.2, 0.25) is 0 Å². The van der Waals surface area contributed by atoms with Gasteiger partial charge in [0.05, 0.1) is 5.52 Å². The third-order valence-electron chi connectivity index (χ3n) is 6.63. The van der Waals surface area contributed by atoms with Gasteiger partial charge in [-0.3, -0.25) is 9.59 Å². The molecule has 0 saturated heterocycles. The molecule has 0 bridgehead atoms. The molecule has 2 aromatic carbocycles. The van der Waals surface area contributed by atoms with Gasteiger partial charge >= 0.3 is 5.97 Å². The van der Waals surface area contributed by atoms with Crippen molar-refractivity contribution < 1.29 is 9.53 Å². The van der Waals surface area contributed by atoms with Crippen LogP contribution in [0.25, 0.3) is 21.9 Å². The number of fused-ring (bicyclic) bond motifs is 3. The van der Waals surface area contributed by atoms with Crippen LogP contribution >= 0.6 is 0 Å². The summed E-state index contributed by atoms with van der Waals surface area (Å²) in [6, 6.07) is 17.6. The molecule has 1 saturated carbocycles. The summed E-state index contributed by atoms with van der Waals surface area (Å²) in [4.78, 5) is 33.5. The van der Waals surface area contributed by atoms with Crippen LogP contribution in [0.4, 0.5) is 0 Å². The van der Waals surface area contributed by atoms with E-state index in [-0.39, 0.29) is 23.4 Å². The van der Waals surface area contributed by atoms with E-state index in [1.165, 1.54) is 0 Å². The summed E-state index contributed by atoms with van der Waals surface area (Å²) in [6.45, 7) is 0.315. The van der Waals surface area contributed by atoms with Crippen molar-refractivity contribution in [3.63, 3.8) is 0 Å². The Hall–Kier alpha value is -3.41. The van der Waals surface area contributed by atoms with Crippen LogP contribution in [0.15, 0.2) is 59.4 Å². The summed E-state index contributed by atoms with van der Waals surface area (Å²) in [7, 11) is 1.79. The lowest BCUT2D eigenvalue weighted by Gasteiger charge is -2.27. The molecule has 2 aromatic heterocycles. The van der Waals surface area contributed by atoms with E-state index in [4.69, 9.17) is 9.72 Å². The number of esters is 1. The minimum Gasteiger partial charge on any atom is -0.461 e. The van der Waals surface area contributed by atoms with Gasteiger partial charge < -0.3 is 14.3 Å². The van der Waals surface area contributed by atoms with E-state index in [0.717, 1.165) is 53.5 Å². The molecule has 32 heavy (non-hydrogen) atoms. The van der Waals surface area contributed by atoms with E-state index >= 15 is 0 Å². The minimum absolute atomic E-state index is 0.0608. The number of nitrogens with zero attached hydrogens (tertiary/aromatic N) is 2. The Kier molecular flexibility index (Phi) is 5.52. The van der Waals surface area contributed by atoms with E-state index in [9.17, 15) is 9.59 Å². The van der Waals surface area contributed by atoms with Gasteiger partial charge in [0.25, 0.3) is 5.56 Å². The largest absolute Gasteiger partial charge is 0.461 e. The lowest BCUT2D eigenvalue weighted by atomic mass is 9.79. The van der Waals surface area contributed by atoms with Gasteiger partial charge in [-0.15, -0.1) is 0 Å². The van der Waals surface area contributed by atoms with Gasteiger partial charge in [0.1, 0.15) is 23.5 Å². The molecule has 2 unspecified atom stereocenters. The normalized spacial score (nSPS) is 18.8. The van der Waals surface area contributed by atoms with Crippen LogP contribution in [0.1, 0.15) is 49.4 Å². The molecule has 2 atom stereocenters. The highest BCUT2D eigenvalue weighted by molar-refractivity contribution is 6.02. The number of nitrogens with one attached hydrogen (secondary N) is 1. The number of imidazole rings is 1. The van der Waals surface area contributed by atoms with Crippen LogP contribution in [0.2, 0.25) is 0 Å². The first-order valence-electron chi connectivity index (χ1n) is 11.3.